The Morgan fingerprint density at radius 3 is 1.50 bits per heavy atom. The molecule has 0 aliphatic rings. The summed E-state index contributed by atoms with van der Waals surface area (Å²) in [5.41, 5.74) is 0. The molecule has 0 spiro atoms. The Morgan fingerprint density at radius 1 is 1.50 bits per heavy atom. The van der Waals surface area contributed by atoms with Crippen LogP contribution in [0.5, 0.6) is 0 Å². The summed E-state index contributed by atoms with van der Waals surface area (Å²) >= 11 is 0. The van der Waals surface area contributed by atoms with Gasteiger partial charge >= 0.3 is 37.5 Å². The first kappa shape index (κ1) is 16.0. The van der Waals surface area contributed by atoms with Crippen LogP contribution in [-0.2, 0) is 4.57 Å². The molecule has 0 saturated carbocycles. The summed E-state index contributed by atoms with van der Waals surface area (Å²) in [4.78, 5) is 13.9. The maximum Gasteiger partial charge on any atom is 1.00 e. The monoisotopic (exact) mass is 152 g/mol. The molecule has 0 aliphatic carbocycles. The molecule has 8 heavy (non-hydrogen) atoms. The SMILES string of the molecule is O=P(O)(O)F.[CH2-]C.[Na+]. The van der Waals surface area contributed by atoms with Crippen molar-refractivity contribution in [3.05, 3.63) is 6.92 Å². The van der Waals surface area contributed by atoms with E-state index in [-0.39, 0.29) is 29.6 Å². The van der Waals surface area contributed by atoms with E-state index in [0.717, 1.165) is 0 Å². The van der Waals surface area contributed by atoms with Crippen LogP contribution in [0.15, 0.2) is 0 Å². The molecular weight excluding hydrogens is 145 g/mol. The largest absolute Gasteiger partial charge is 1.00 e. The van der Waals surface area contributed by atoms with Gasteiger partial charge in [0.1, 0.15) is 0 Å². The third-order valence-electron chi connectivity index (χ3n) is 0. The summed E-state index contributed by atoms with van der Waals surface area (Å²) in [5, 5.41) is 0. The molecule has 0 aromatic heterocycles. The van der Waals surface area contributed by atoms with Crippen molar-refractivity contribution in [2.75, 3.05) is 0 Å². The Hall–Kier alpha value is 1.08. The van der Waals surface area contributed by atoms with Crippen LogP contribution in [0.1, 0.15) is 6.92 Å². The van der Waals surface area contributed by atoms with Gasteiger partial charge in [0.15, 0.2) is 0 Å². The Balaban J connectivity index is -0.0000000750. The summed E-state index contributed by atoms with van der Waals surface area (Å²) < 4.78 is 19.0. The van der Waals surface area contributed by atoms with Crippen LogP contribution in [-0.4, -0.2) is 9.79 Å². The van der Waals surface area contributed by atoms with Crippen molar-refractivity contribution in [1.29, 1.82) is 0 Å². The topological polar surface area (TPSA) is 57.5 Å². The van der Waals surface area contributed by atoms with Crippen LogP contribution < -0.4 is 29.6 Å². The normalized spacial score (nSPS) is 8.12. The Kier molecular flexibility index (Phi) is 16.2. The van der Waals surface area contributed by atoms with E-state index in [1.54, 1.807) is 6.92 Å². The number of rotatable bonds is 0. The minimum absolute atomic E-state index is 0. The summed E-state index contributed by atoms with van der Waals surface area (Å²) in [6.45, 7) is 5.00. The summed E-state index contributed by atoms with van der Waals surface area (Å²) in [5.74, 6) is 0. The molecule has 0 fully saturated rings. The van der Waals surface area contributed by atoms with Gasteiger partial charge in [0.05, 0.1) is 0 Å². The van der Waals surface area contributed by atoms with Gasteiger partial charge in [-0.3, -0.25) is 9.79 Å². The van der Waals surface area contributed by atoms with E-state index in [2.05, 4.69) is 6.92 Å². The summed E-state index contributed by atoms with van der Waals surface area (Å²) in [6, 6.07) is 0. The average Bonchev–Trinajstić information content (AvgIpc) is 1.36. The maximum absolute atomic E-state index is 10.4. The molecule has 2 N–H and O–H groups in total. The van der Waals surface area contributed by atoms with E-state index in [4.69, 9.17) is 14.4 Å². The van der Waals surface area contributed by atoms with Crippen molar-refractivity contribution in [1.82, 2.24) is 0 Å². The van der Waals surface area contributed by atoms with Gasteiger partial charge in [-0.1, -0.05) is 0 Å². The molecule has 0 amide bonds. The zero-order valence-corrected chi connectivity index (χ0v) is 7.73. The molecule has 0 heterocycles. The standard InChI is InChI=1S/C2H5.FH2O3P.Na/c1-2;1-5(2,3)4;/h1H2,2H3;(H2,2,3,4);/q-1;;+1. The molecule has 0 atom stereocenters. The van der Waals surface area contributed by atoms with Gasteiger partial charge in [-0.25, -0.2) is 4.57 Å². The van der Waals surface area contributed by atoms with Gasteiger partial charge in [-0.15, -0.1) is 4.20 Å². The van der Waals surface area contributed by atoms with Crippen LogP contribution in [0, 0.1) is 6.92 Å². The zero-order chi connectivity index (χ0) is 6.50. The Morgan fingerprint density at radius 2 is 1.50 bits per heavy atom. The molecule has 0 aromatic carbocycles. The second kappa shape index (κ2) is 8.08. The van der Waals surface area contributed by atoms with Crippen molar-refractivity contribution in [2.24, 2.45) is 0 Å². The first-order valence-corrected chi connectivity index (χ1v) is 2.96. The van der Waals surface area contributed by atoms with Gasteiger partial charge in [0.2, 0.25) is 0 Å². The quantitative estimate of drug-likeness (QED) is 0.237. The van der Waals surface area contributed by atoms with Crippen LogP contribution >= 0.6 is 7.91 Å². The van der Waals surface area contributed by atoms with Crippen LogP contribution in [0.25, 0.3) is 0 Å². The minimum Gasteiger partial charge on any atom is -0.346 e. The van der Waals surface area contributed by atoms with Crippen molar-refractivity contribution >= 4 is 7.91 Å². The van der Waals surface area contributed by atoms with Crippen LogP contribution in [0.2, 0.25) is 0 Å². The van der Waals surface area contributed by atoms with E-state index < -0.39 is 7.91 Å². The van der Waals surface area contributed by atoms with Crippen molar-refractivity contribution in [3.63, 3.8) is 0 Å². The number of hydrogen-bond donors (Lipinski definition) is 2. The molecule has 0 radical (unpaired) electrons. The van der Waals surface area contributed by atoms with E-state index in [1.807, 2.05) is 0 Å². The first-order chi connectivity index (χ1) is 3.00. The van der Waals surface area contributed by atoms with Gasteiger partial charge in [-0.2, -0.15) is 6.92 Å². The molecule has 6 heteroatoms. The molecule has 3 nitrogen and oxygen atoms in total. The molecule has 0 rings (SSSR count). The molecule has 46 valence electrons. The van der Waals surface area contributed by atoms with Crippen molar-refractivity contribution in [2.45, 2.75) is 6.92 Å². The number of halogens is 1. The smallest absolute Gasteiger partial charge is 0.346 e. The van der Waals surface area contributed by atoms with E-state index in [0.29, 0.717) is 0 Å². The molecule has 0 saturated heterocycles. The fraction of sp³-hybridized carbons (Fsp3) is 0.500. The van der Waals surface area contributed by atoms with Gasteiger partial charge in [0.25, 0.3) is 0 Å². The molecule has 0 bridgehead atoms. The third-order valence-corrected chi connectivity index (χ3v) is 0. The predicted molar refractivity (Wildman–Crippen MR) is 24.2 cm³/mol. The van der Waals surface area contributed by atoms with Crippen molar-refractivity contribution < 1.29 is 48.1 Å². The second-order valence-electron chi connectivity index (χ2n) is 0.473. The molecule has 0 aromatic rings. The van der Waals surface area contributed by atoms with Crippen LogP contribution in [0.4, 0.5) is 4.20 Å². The maximum atomic E-state index is 10.4. The Labute approximate surface area is 69.9 Å². The van der Waals surface area contributed by atoms with Gasteiger partial charge in [0, 0.05) is 0 Å². The van der Waals surface area contributed by atoms with E-state index >= 15 is 0 Å². The molecule has 0 unspecified atom stereocenters. The van der Waals surface area contributed by atoms with Crippen molar-refractivity contribution in [3.8, 4) is 0 Å². The van der Waals surface area contributed by atoms with E-state index in [9.17, 15) is 4.20 Å². The third kappa shape index (κ3) is 224. The minimum atomic E-state index is -5.14. The molecular formula is C2H7FNaO3P. The summed E-state index contributed by atoms with van der Waals surface area (Å²) in [6.07, 6.45) is 0. The first-order valence-electron chi connectivity index (χ1n) is 1.46. The zero-order valence-electron chi connectivity index (χ0n) is 4.83. The summed E-state index contributed by atoms with van der Waals surface area (Å²) in [7, 11) is -5.14. The predicted octanol–water partition coefficient (Wildman–Crippen LogP) is -2.11. The van der Waals surface area contributed by atoms with Gasteiger partial charge < -0.3 is 6.92 Å². The van der Waals surface area contributed by atoms with Gasteiger partial charge in [-0.05, 0) is 0 Å². The van der Waals surface area contributed by atoms with E-state index in [1.165, 1.54) is 0 Å². The number of hydrogen-bond acceptors (Lipinski definition) is 1. The fourth-order valence-electron chi connectivity index (χ4n) is 0. The Bertz CT molecular complexity index is 63.4. The average molecular weight is 152 g/mol. The fourth-order valence-corrected chi connectivity index (χ4v) is 0. The van der Waals surface area contributed by atoms with Crippen LogP contribution in [0.3, 0.4) is 0 Å². The second-order valence-corrected chi connectivity index (χ2v) is 1.42. The molecule has 0 aliphatic heterocycles.